The number of nitrogen functional groups attached to an aromatic ring is 4. The van der Waals surface area contributed by atoms with Gasteiger partial charge in [-0.05, 0) is 216 Å². The van der Waals surface area contributed by atoms with Crippen LogP contribution in [0.15, 0.2) is 193 Å². The molecule has 1 atom stereocenters. The number of ether oxygens (including phenoxy) is 3. The summed E-state index contributed by atoms with van der Waals surface area (Å²) in [6, 6.07) is 52.9. The predicted molar refractivity (Wildman–Crippen MR) is 497 cm³/mol. The molecule has 123 heavy (non-hydrogen) atoms. The predicted octanol–water partition coefficient (Wildman–Crippen LogP) is 19.2. The molecule has 12 aromatic rings. The molecule has 632 valence electrons. The fourth-order valence-electron chi connectivity index (χ4n) is 17.3. The van der Waals surface area contributed by atoms with Crippen molar-refractivity contribution >= 4 is 131 Å². The third kappa shape index (κ3) is 21.8. The fraction of sp³-hybridized carbons (Fsp3) is 0.323. The number of pyridine rings is 3. The van der Waals surface area contributed by atoms with E-state index < -0.39 is 0 Å². The standard InChI is InChI=1S/2C28H28ClN3O.C24H30N6O3.C19H20N4O/c2*29-23-10-9-22-19-31-26(30)24(25(22)18-23)11-6-20-4-7-21(8-5-20)27(33)32-16-14-28(15-17-32)12-2-1-3-13-28;1-32-20-14-19-18(15-26-24(25)29-19)22(23(20)33-2)28-17-8-6-16(7-9-17)27-21(31)10-13-30-11-4-3-5-12-30;1-12(13-6-5-7-14(10-13)19(21)22-2)24-17-11-18(20)23-16-9-4-3-8-15(16)17/h2*4-5,7-10,18-19H,1-3,12-17H2,(H2,30,31);6-9,14-15,28H,3-5,10-13H2,1-2H3,(H,27,31)(H2,25,26,29);3-12H,1-2H3,(H2,20,23)(H2,21,22). The number of anilines is 7. The van der Waals surface area contributed by atoms with Crippen molar-refractivity contribution in [2.45, 2.75) is 129 Å². The van der Waals surface area contributed by atoms with Crippen LogP contribution in [0.25, 0.3) is 43.4 Å². The molecule has 1 unspecified atom stereocenters. The second kappa shape index (κ2) is 40.3. The van der Waals surface area contributed by atoms with Crippen molar-refractivity contribution in [2.75, 3.05) is 101 Å². The van der Waals surface area contributed by atoms with E-state index in [1.165, 1.54) is 83.5 Å². The average molecular weight is 1690 g/mol. The Morgan fingerprint density at radius 2 is 1.05 bits per heavy atom. The largest absolute Gasteiger partial charge is 0.493 e. The molecule has 22 nitrogen and oxygen atoms in total. The highest BCUT2D eigenvalue weighted by atomic mass is 35.5. The number of para-hydroxylation sites is 1. The van der Waals surface area contributed by atoms with E-state index in [0.717, 1.165) is 154 Å². The van der Waals surface area contributed by atoms with Crippen LogP contribution in [0.4, 0.5) is 40.5 Å². The molecule has 3 saturated heterocycles. The van der Waals surface area contributed by atoms with Gasteiger partial charge < -0.3 is 68.2 Å². The monoisotopic (exact) mass is 1680 g/mol. The molecule has 2 saturated carbocycles. The molecule has 0 radical (unpaired) electrons. The van der Waals surface area contributed by atoms with Crippen molar-refractivity contribution in [3.63, 3.8) is 0 Å². The lowest BCUT2D eigenvalue weighted by molar-refractivity contribution is -0.116. The maximum absolute atomic E-state index is 13.0. The Kier molecular flexibility index (Phi) is 28.4. The number of nitrogens with one attached hydrogen (secondary N) is 2. The van der Waals surface area contributed by atoms with E-state index in [0.29, 0.717) is 90.2 Å². The van der Waals surface area contributed by atoms with Crippen LogP contribution in [0.5, 0.6) is 17.2 Å². The van der Waals surface area contributed by atoms with Crippen molar-refractivity contribution in [2.24, 2.45) is 21.6 Å². The van der Waals surface area contributed by atoms with Crippen molar-refractivity contribution in [3.8, 4) is 40.9 Å². The number of amides is 3. The molecule has 2 aliphatic carbocycles. The zero-order chi connectivity index (χ0) is 86.0. The second-order valence-electron chi connectivity index (χ2n) is 32.5. The van der Waals surface area contributed by atoms with Crippen molar-refractivity contribution in [1.82, 2.24) is 39.6 Å². The number of hydrogen-bond acceptors (Lipinski definition) is 18. The first-order chi connectivity index (χ1) is 59.7. The summed E-state index contributed by atoms with van der Waals surface area (Å²) < 4.78 is 17.2. The molecule has 0 bridgehead atoms. The number of nitrogens with zero attached hydrogens (tertiary/aromatic N) is 9. The Morgan fingerprint density at radius 1 is 0.512 bits per heavy atom. The summed E-state index contributed by atoms with van der Waals surface area (Å²) in [5.41, 5.74) is 40.7. The molecular weight excluding hydrogens is 1580 g/mol. The topological polar surface area (TPSA) is 320 Å². The van der Waals surface area contributed by atoms with Gasteiger partial charge in [0.2, 0.25) is 11.9 Å². The lowest BCUT2D eigenvalue weighted by Crippen LogP contribution is -2.43. The number of amidine groups is 1. The number of piperidine rings is 3. The number of likely N-dealkylation sites (tertiary alicyclic amines) is 3. The minimum absolute atomic E-state index is 0.0245. The SMILES string of the molecule is CN=C(N)c1cccc(C(C)Oc2cc(N)nc3ccccc23)c1.COc1cc2nc(N)ncc2c(Nc2ccc(NC(=O)CCN3CCCCC3)cc2)c1OC.Nc1ncc2ccc(Cl)cc2c1C#Cc1ccc(C(=O)N2CCC3(CCCCC3)CC2)cc1.Nc1ncc2ccc(Cl)cc2c1C#Cc1ccc(C(=O)N2CCC3(CCCCC3)CC2)cc1. The van der Waals surface area contributed by atoms with Crippen LogP contribution >= 0.6 is 23.2 Å². The number of halogens is 2. The van der Waals surface area contributed by atoms with Crippen molar-refractivity contribution < 1.29 is 28.6 Å². The normalized spacial score (nSPS) is 15.7. The number of aliphatic imine (C=N–C) groups is 1. The van der Waals surface area contributed by atoms with E-state index in [2.05, 4.69) is 69.1 Å². The van der Waals surface area contributed by atoms with Gasteiger partial charge >= 0.3 is 0 Å². The van der Waals surface area contributed by atoms with Crippen LogP contribution in [0.2, 0.25) is 10.0 Å². The first-order valence-electron chi connectivity index (χ1n) is 42.4. The summed E-state index contributed by atoms with van der Waals surface area (Å²) in [6.07, 6.45) is 27.3. The van der Waals surface area contributed by atoms with E-state index in [1.54, 1.807) is 52.0 Å². The van der Waals surface area contributed by atoms with Gasteiger partial charge in [0.05, 0.1) is 42.1 Å². The zero-order valence-electron chi connectivity index (χ0n) is 70.3. The van der Waals surface area contributed by atoms with Crippen LogP contribution in [0, 0.1) is 34.5 Å². The molecule has 7 heterocycles. The molecule has 3 aliphatic heterocycles. The van der Waals surface area contributed by atoms with Crippen LogP contribution < -0.4 is 53.5 Å². The van der Waals surface area contributed by atoms with E-state index in [-0.39, 0.29) is 29.8 Å². The summed E-state index contributed by atoms with van der Waals surface area (Å²) in [5.74, 6) is 16.6. The maximum Gasteiger partial charge on any atom is 0.253 e. The molecule has 4 aromatic heterocycles. The average Bonchev–Trinajstić information content (AvgIpc) is 0.770. The minimum atomic E-state index is -0.167. The number of fused-ring (bicyclic) bond motifs is 4. The highest BCUT2D eigenvalue weighted by Crippen LogP contribution is 2.47. The van der Waals surface area contributed by atoms with Gasteiger partial charge in [0.25, 0.3) is 11.8 Å². The maximum atomic E-state index is 13.0. The first-order valence-corrected chi connectivity index (χ1v) is 43.2. The molecule has 5 fully saturated rings. The number of carbonyl (C=O) groups excluding carboxylic acids is 3. The van der Waals surface area contributed by atoms with Crippen LogP contribution in [0.3, 0.4) is 0 Å². The lowest BCUT2D eigenvalue weighted by atomic mass is 9.68. The van der Waals surface area contributed by atoms with Crippen LogP contribution in [0.1, 0.15) is 183 Å². The molecule has 2 spiro atoms. The molecule has 3 amide bonds. The van der Waals surface area contributed by atoms with Gasteiger partial charge in [-0.25, -0.2) is 24.9 Å². The molecular formula is C99H106Cl2N16O6. The number of carbonyl (C=O) groups is 3. The smallest absolute Gasteiger partial charge is 0.253 e. The Hall–Kier alpha value is -12.7. The summed E-state index contributed by atoms with van der Waals surface area (Å²) in [4.78, 5) is 70.1. The third-order valence-electron chi connectivity index (χ3n) is 24.4. The quantitative estimate of drug-likeness (QED) is 0.0302. The molecule has 17 rings (SSSR count). The molecule has 12 N–H and O–H groups in total. The number of aromatic nitrogens is 5. The van der Waals surface area contributed by atoms with Gasteiger partial charge in [-0.1, -0.05) is 134 Å². The highest BCUT2D eigenvalue weighted by Gasteiger charge is 2.38. The van der Waals surface area contributed by atoms with E-state index in [1.807, 2.05) is 174 Å². The Morgan fingerprint density at radius 3 is 1.59 bits per heavy atom. The van der Waals surface area contributed by atoms with Crippen molar-refractivity contribution in [3.05, 3.63) is 243 Å². The third-order valence-corrected chi connectivity index (χ3v) is 24.9. The Bertz CT molecular complexity index is 5740. The number of methoxy groups -OCH3 is 2. The van der Waals surface area contributed by atoms with Gasteiger partial charge in [-0.3, -0.25) is 19.4 Å². The summed E-state index contributed by atoms with van der Waals surface area (Å²) >= 11 is 12.3. The number of nitrogens with two attached hydrogens (primary N) is 5. The molecule has 24 heteroatoms. The first kappa shape index (κ1) is 86.6. The lowest BCUT2D eigenvalue weighted by Gasteiger charge is -2.44. The van der Waals surface area contributed by atoms with E-state index >= 15 is 0 Å². The van der Waals surface area contributed by atoms with Crippen LogP contribution in [-0.2, 0) is 4.79 Å². The Labute approximate surface area is 729 Å². The van der Waals surface area contributed by atoms with Gasteiger partial charge in [0, 0.05) is 158 Å². The van der Waals surface area contributed by atoms with Crippen molar-refractivity contribution in [1.29, 1.82) is 0 Å². The Balaban J connectivity index is 0.000000135. The molecule has 8 aromatic carbocycles. The summed E-state index contributed by atoms with van der Waals surface area (Å²) in [7, 11) is 4.82. The van der Waals surface area contributed by atoms with Gasteiger partial charge in [-0.2, -0.15) is 0 Å². The minimum Gasteiger partial charge on any atom is -0.493 e. The highest BCUT2D eigenvalue weighted by molar-refractivity contribution is 6.32. The summed E-state index contributed by atoms with van der Waals surface area (Å²) in [6.45, 7) is 8.46. The number of hydrogen-bond donors (Lipinski definition) is 7. The number of benzene rings is 8. The molecule has 5 aliphatic rings. The second-order valence-corrected chi connectivity index (χ2v) is 33.3. The van der Waals surface area contributed by atoms with Gasteiger partial charge in [-0.15, -0.1) is 0 Å². The van der Waals surface area contributed by atoms with E-state index in [9.17, 15) is 14.4 Å². The fourth-order valence-corrected chi connectivity index (χ4v) is 17.7. The van der Waals surface area contributed by atoms with Gasteiger partial charge in [0.1, 0.15) is 35.1 Å². The summed E-state index contributed by atoms with van der Waals surface area (Å²) in [5, 5.41) is 12.9. The zero-order valence-corrected chi connectivity index (χ0v) is 71.8. The van der Waals surface area contributed by atoms with E-state index in [4.69, 9.17) is 66.1 Å². The van der Waals surface area contributed by atoms with Crippen LogP contribution in [-0.4, -0.2) is 130 Å². The number of rotatable bonds is 14. The van der Waals surface area contributed by atoms with Gasteiger partial charge in [0.15, 0.2) is 11.5 Å².